The standard InChI is InChI=1S/C20H34O3/c1-15(9-10-21)7-8-17-16(2)11-20(12-19(17,5)6)22-13-18(3,4)14-23-20/h7-9,16-17,21H,10-14H2,1-6H3/b8-7+,15-9-. The van der Waals surface area contributed by atoms with Gasteiger partial charge in [0.1, 0.15) is 0 Å². The Kier molecular flexibility index (Phi) is 5.44. The molecule has 1 N–H and O–H groups in total. The van der Waals surface area contributed by atoms with E-state index in [2.05, 4.69) is 46.8 Å². The lowest BCUT2D eigenvalue weighted by Gasteiger charge is -2.54. The fourth-order valence-corrected chi connectivity index (χ4v) is 4.15. The minimum atomic E-state index is -0.404. The van der Waals surface area contributed by atoms with E-state index < -0.39 is 5.79 Å². The first kappa shape index (κ1) is 18.7. The van der Waals surface area contributed by atoms with Gasteiger partial charge in [-0.1, -0.05) is 58.4 Å². The van der Waals surface area contributed by atoms with Crippen LogP contribution in [-0.2, 0) is 9.47 Å². The van der Waals surface area contributed by atoms with Crippen LogP contribution in [0.1, 0.15) is 54.4 Å². The van der Waals surface area contributed by atoms with Crippen LogP contribution in [0.15, 0.2) is 23.8 Å². The molecule has 1 heterocycles. The minimum Gasteiger partial charge on any atom is -0.392 e. The second kappa shape index (κ2) is 6.70. The van der Waals surface area contributed by atoms with Crippen molar-refractivity contribution in [1.82, 2.24) is 0 Å². The van der Waals surface area contributed by atoms with Crippen molar-refractivity contribution >= 4 is 0 Å². The predicted molar refractivity (Wildman–Crippen MR) is 94.1 cm³/mol. The summed E-state index contributed by atoms with van der Waals surface area (Å²) in [4.78, 5) is 0. The molecule has 0 amide bonds. The highest BCUT2D eigenvalue weighted by Gasteiger charge is 2.51. The summed E-state index contributed by atoms with van der Waals surface area (Å²) < 4.78 is 12.5. The van der Waals surface area contributed by atoms with E-state index >= 15 is 0 Å². The molecule has 1 saturated carbocycles. The number of hydrogen-bond acceptors (Lipinski definition) is 3. The Morgan fingerprint density at radius 1 is 1.17 bits per heavy atom. The number of rotatable bonds is 3. The van der Waals surface area contributed by atoms with Gasteiger partial charge < -0.3 is 14.6 Å². The average molecular weight is 322 g/mol. The summed E-state index contributed by atoms with van der Waals surface area (Å²) in [5.74, 6) is 0.578. The second-order valence-electron chi connectivity index (χ2n) is 9.01. The molecular weight excluding hydrogens is 288 g/mol. The van der Waals surface area contributed by atoms with E-state index in [0.717, 1.165) is 31.6 Å². The monoisotopic (exact) mass is 322 g/mol. The van der Waals surface area contributed by atoms with Crippen molar-refractivity contribution in [2.75, 3.05) is 19.8 Å². The van der Waals surface area contributed by atoms with Crippen LogP contribution < -0.4 is 0 Å². The highest BCUT2D eigenvalue weighted by Crippen LogP contribution is 2.52. The highest BCUT2D eigenvalue weighted by atomic mass is 16.7. The van der Waals surface area contributed by atoms with E-state index in [0.29, 0.717) is 11.8 Å². The van der Waals surface area contributed by atoms with Crippen molar-refractivity contribution in [2.24, 2.45) is 22.7 Å². The molecule has 2 fully saturated rings. The third kappa shape index (κ3) is 4.46. The Balaban J connectivity index is 2.12. The van der Waals surface area contributed by atoms with Crippen molar-refractivity contribution in [3.63, 3.8) is 0 Å². The van der Waals surface area contributed by atoms with Gasteiger partial charge in [-0.2, -0.15) is 0 Å². The maximum absolute atomic E-state index is 8.99. The minimum absolute atomic E-state index is 0.0976. The maximum atomic E-state index is 8.99. The molecule has 0 bridgehead atoms. The molecule has 0 aromatic carbocycles. The van der Waals surface area contributed by atoms with Gasteiger partial charge in [0, 0.05) is 18.3 Å². The largest absolute Gasteiger partial charge is 0.392 e. The summed E-state index contributed by atoms with van der Waals surface area (Å²) in [7, 11) is 0. The Morgan fingerprint density at radius 2 is 1.78 bits per heavy atom. The van der Waals surface area contributed by atoms with Crippen LogP contribution in [0.3, 0.4) is 0 Å². The summed E-state index contributed by atoms with van der Waals surface area (Å²) >= 11 is 0. The molecule has 2 aliphatic rings. The van der Waals surface area contributed by atoms with Gasteiger partial charge in [0.05, 0.1) is 19.8 Å². The quantitative estimate of drug-likeness (QED) is 0.786. The molecule has 1 aliphatic heterocycles. The molecule has 2 atom stereocenters. The van der Waals surface area contributed by atoms with Crippen molar-refractivity contribution in [1.29, 1.82) is 0 Å². The van der Waals surface area contributed by atoms with Gasteiger partial charge >= 0.3 is 0 Å². The maximum Gasteiger partial charge on any atom is 0.169 e. The lowest BCUT2D eigenvalue weighted by Crippen LogP contribution is -2.55. The Labute approximate surface area is 141 Å². The van der Waals surface area contributed by atoms with Crippen molar-refractivity contribution in [2.45, 2.75) is 60.2 Å². The highest BCUT2D eigenvalue weighted by molar-refractivity contribution is 5.18. The lowest BCUT2D eigenvalue weighted by molar-refractivity contribution is -0.329. The van der Waals surface area contributed by atoms with Crippen LogP contribution in [0, 0.1) is 22.7 Å². The number of hydrogen-bond donors (Lipinski definition) is 1. The molecule has 3 nitrogen and oxygen atoms in total. The number of allylic oxidation sites excluding steroid dienone is 3. The summed E-state index contributed by atoms with van der Waals surface area (Å²) in [6.07, 6.45) is 8.17. The first-order valence-electron chi connectivity index (χ1n) is 8.83. The summed E-state index contributed by atoms with van der Waals surface area (Å²) in [6, 6.07) is 0. The van der Waals surface area contributed by atoms with Crippen LogP contribution in [-0.4, -0.2) is 30.7 Å². The molecule has 132 valence electrons. The molecule has 2 unspecified atom stereocenters. The third-order valence-corrected chi connectivity index (χ3v) is 5.30. The summed E-state index contributed by atoms with van der Waals surface area (Å²) in [6.45, 7) is 15.0. The smallest absolute Gasteiger partial charge is 0.169 e. The summed E-state index contributed by atoms with van der Waals surface area (Å²) in [5.41, 5.74) is 1.35. The van der Waals surface area contributed by atoms with Gasteiger partial charge in [0.15, 0.2) is 5.79 Å². The molecule has 0 radical (unpaired) electrons. The Bertz CT molecular complexity index is 463. The molecule has 1 saturated heterocycles. The zero-order chi connectivity index (χ0) is 17.3. The van der Waals surface area contributed by atoms with Crippen LogP contribution in [0.25, 0.3) is 0 Å². The zero-order valence-electron chi connectivity index (χ0n) is 15.7. The third-order valence-electron chi connectivity index (χ3n) is 5.30. The lowest BCUT2D eigenvalue weighted by atomic mass is 9.61. The fourth-order valence-electron chi connectivity index (χ4n) is 4.15. The van der Waals surface area contributed by atoms with E-state index in [9.17, 15) is 0 Å². The van der Waals surface area contributed by atoms with Gasteiger partial charge in [0.2, 0.25) is 0 Å². The zero-order valence-corrected chi connectivity index (χ0v) is 15.7. The van der Waals surface area contributed by atoms with Crippen LogP contribution in [0.4, 0.5) is 0 Å². The predicted octanol–water partition coefficient (Wildman–Crippen LogP) is 4.32. The molecule has 0 aromatic heterocycles. The summed E-state index contributed by atoms with van der Waals surface area (Å²) in [5, 5.41) is 8.99. The molecule has 1 spiro atoms. The molecular formula is C20H34O3. The van der Waals surface area contributed by atoms with E-state index in [1.54, 1.807) is 0 Å². The molecule has 0 aromatic rings. The van der Waals surface area contributed by atoms with Gasteiger partial charge in [-0.05, 0) is 24.2 Å². The van der Waals surface area contributed by atoms with E-state index in [-0.39, 0.29) is 17.4 Å². The van der Waals surface area contributed by atoms with Gasteiger partial charge in [-0.3, -0.25) is 0 Å². The number of aliphatic hydroxyl groups is 1. The van der Waals surface area contributed by atoms with Crippen molar-refractivity contribution in [3.05, 3.63) is 23.8 Å². The topological polar surface area (TPSA) is 38.7 Å². The SMILES string of the molecule is CC(=C/CO)/C=C/C1C(C)CC2(CC1(C)C)OCC(C)(C)CO2. The number of aliphatic hydroxyl groups excluding tert-OH is 1. The van der Waals surface area contributed by atoms with Crippen molar-refractivity contribution < 1.29 is 14.6 Å². The first-order chi connectivity index (χ1) is 10.6. The van der Waals surface area contributed by atoms with E-state index in [1.807, 2.05) is 13.0 Å². The molecule has 23 heavy (non-hydrogen) atoms. The number of ether oxygens (including phenoxy) is 2. The van der Waals surface area contributed by atoms with E-state index in [4.69, 9.17) is 14.6 Å². The van der Waals surface area contributed by atoms with Gasteiger partial charge in [-0.25, -0.2) is 0 Å². The average Bonchev–Trinajstić information content (AvgIpc) is 2.41. The molecule has 2 rings (SSSR count). The fraction of sp³-hybridized carbons (Fsp3) is 0.800. The molecule has 1 aliphatic carbocycles. The van der Waals surface area contributed by atoms with Crippen LogP contribution in [0.5, 0.6) is 0 Å². The Morgan fingerprint density at radius 3 is 2.30 bits per heavy atom. The van der Waals surface area contributed by atoms with Crippen LogP contribution >= 0.6 is 0 Å². The first-order valence-corrected chi connectivity index (χ1v) is 8.83. The normalized spacial score (nSPS) is 33.3. The van der Waals surface area contributed by atoms with E-state index in [1.165, 1.54) is 0 Å². The molecule has 3 heteroatoms. The van der Waals surface area contributed by atoms with Gasteiger partial charge in [0.25, 0.3) is 0 Å². The van der Waals surface area contributed by atoms with Crippen LogP contribution in [0.2, 0.25) is 0 Å². The Hall–Kier alpha value is -0.640. The van der Waals surface area contributed by atoms with Crippen molar-refractivity contribution in [3.8, 4) is 0 Å². The van der Waals surface area contributed by atoms with Gasteiger partial charge in [-0.15, -0.1) is 0 Å². The second-order valence-corrected chi connectivity index (χ2v) is 9.01.